The fraction of sp³-hybridized carbons (Fsp3) is 1.00. The van der Waals surface area contributed by atoms with E-state index >= 15 is 0 Å². The van der Waals surface area contributed by atoms with E-state index in [9.17, 15) is 5.11 Å². The molecule has 0 aromatic heterocycles. The normalized spacial score (nSPS) is 26.2. The van der Waals surface area contributed by atoms with Crippen molar-refractivity contribution >= 4 is 0 Å². The summed E-state index contributed by atoms with van der Waals surface area (Å²) in [6.07, 6.45) is 8.04. The number of likely N-dealkylation sites (tertiary alicyclic amines) is 1. The van der Waals surface area contributed by atoms with Gasteiger partial charge in [-0.05, 0) is 38.8 Å². The zero-order chi connectivity index (χ0) is 10.5. The van der Waals surface area contributed by atoms with Crippen LogP contribution in [0.1, 0.15) is 38.5 Å². The van der Waals surface area contributed by atoms with E-state index < -0.39 is 0 Å². The maximum atomic E-state index is 9.31. The van der Waals surface area contributed by atoms with Crippen LogP contribution in [0.3, 0.4) is 0 Å². The first-order chi connectivity index (χ1) is 7.38. The highest BCUT2D eigenvalue weighted by Gasteiger charge is 2.25. The molecule has 88 valence electrons. The monoisotopic (exact) mass is 212 g/mol. The molecule has 1 saturated heterocycles. The lowest BCUT2D eigenvalue weighted by molar-refractivity contribution is 0.183. The van der Waals surface area contributed by atoms with Gasteiger partial charge in [0.15, 0.2) is 0 Å². The topological polar surface area (TPSA) is 35.5 Å². The van der Waals surface area contributed by atoms with E-state index in [0.717, 1.165) is 6.54 Å². The number of hydrogen-bond donors (Lipinski definition) is 2. The van der Waals surface area contributed by atoms with Gasteiger partial charge in [-0.15, -0.1) is 0 Å². The number of rotatable bonds is 5. The highest BCUT2D eigenvalue weighted by atomic mass is 16.3. The molecule has 1 heterocycles. The Labute approximate surface area is 92.8 Å². The first kappa shape index (κ1) is 11.4. The second-order valence-electron chi connectivity index (χ2n) is 5.04. The van der Waals surface area contributed by atoms with E-state index in [2.05, 4.69) is 10.2 Å². The molecule has 15 heavy (non-hydrogen) atoms. The Kier molecular flexibility index (Phi) is 4.42. The number of nitrogens with zero attached hydrogens (tertiary/aromatic N) is 1. The van der Waals surface area contributed by atoms with Gasteiger partial charge in [0.2, 0.25) is 0 Å². The zero-order valence-corrected chi connectivity index (χ0v) is 9.62. The van der Waals surface area contributed by atoms with Gasteiger partial charge in [-0.1, -0.05) is 12.8 Å². The first-order valence-electron chi connectivity index (χ1n) is 6.48. The summed E-state index contributed by atoms with van der Waals surface area (Å²) in [5.74, 6) is 0. The molecule has 0 aromatic rings. The molecule has 3 heteroatoms. The molecule has 2 aliphatic rings. The van der Waals surface area contributed by atoms with Gasteiger partial charge in [0.05, 0.1) is 6.61 Å². The van der Waals surface area contributed by atoms with E-state index in [1.54, 1.807) is 0 Å². The third-order valence-electron chi connectivity index (χ3n) is 3.45. The van der Waals surface area contributed by atoms with Gasteiger partial charge in [0, 0.05) is 18.6 Å². The third-order valence-corrected chi connectivity index (χ3v) is 3.45. The Hall–Kier alpha value is -0.120. The van der Waals surface area contributed by atoms with Crippen LogP contribution < -0.4 is 5.32 Å². The highest BCUT2D eigenvalue weighted by molar-refractivity contribution is 4.86. The summed E-state index contributed by atoms with van der Waals surface area (Å²) in [5, 5.41) is 12.8. The van der Waals surface area contributed by atoms with Crippen molar-refractivity contribution in [1.29, 1.82) is 0 Å². The lowest BCUT2D eigenvalue weighted by Gasteiger charge is -2.25. The van der Waals surface area contributed by atoms with Gasteiger partial charge in [-0.2, -0.15) is 0 Å². The minimum atomic E-state index is 0.285. The van der Waals surface area contributed by atoms with Crippen molar-refractivity contribution < 1.29 is 5.11 Å². The Morgan fingerprint density at radius 2 is 1.80 bits per heavy atom. The van der Waals surface area contributed by atoms with Crippen molar-refractivity contribution in [1.82, 2.24) is 10.2 Å². The lowest BCUT2D eigenvalue weighted by atomic mass is 10.2. The molecule has 0 bridgehead atoms. The van der Waals surface area contributed by atoms with Gasteiger partial charge >= 0.3 is 0 Å². The smallest absolute Gasteiger partial charge is 0.0597 e. The summed E-state index contributed by atoms with van der Waals surface area (Å²) in [4.78, 5) is 2.52. The summed E-state index contributed by atoms with van der Waals surface area (Å²) < 4.78 is 0. The van der Waals surface area contributed by atoms with Crippen LogP contribution in [0.4, 0.5) is 0 Å². The van der Waals surface area contributed by atoms with E-state index in [4.69, 9.17) is 0 Å². The van der Waals surface area contributed by atoms with Crippen LogP contribution in [0.2, 0.25) is 0 Å². The maximum Gasteiger partial charge on any atom is 0.0597 e. The SMILES string of the molecule is OCC(CN1CCCCCC1)NC1CC1. The Morgan fingerprint density at radius 3 is 2.33 bits per heavy atom. The van der Waals surface area contributed by atoms with Crippen LogP contribution in [-0.2, 0) is 0 Å². The standard InChI is InChI=1S/C12H24N2O/c15-10-12(13-11-5-6-11)9-14-7-3-1-2-4-8-14/h11-13,15H,1-10H2. The van der Waals surface area contributed by atoms with E-state index in [0.29, 0.717) is 12.1 Å². The van der Waals surface area contributed by atoms with Crippen molar-refractivity contribution in [3.05, 3.63) is 0 Å². The van der Waals surface area contributed by atoms with Crippen LogP contribution >= 0.6 is 0 Å². The largest absolute Gasteiger partial charge is 0.395 e. The average molecular weight is 212 g/mol. The summed E-state index contributed by atoms with van der Waals surface area (Å²) in [6.45, 7) is 3.77. The molecule has 1 unspecified atom stereocenters. The average Bonchev–Trinajstić information content (AvgIpc) is 3.04. The van der Waals surface area contributed by atoms with Crippen LogP contribution in [0.25, 0.3) is 0 Å². The molecule has 1 atom stereocenters. The Bertz CT molecular complexity index is 174. The van der Waals surface area contributed by atoms with Crippen LogP contribution in [0, 0.1) is 0 Å². The second kappa shape index (κ2) is 5.83. The molecule has 3 nitrogen and oxygen atoms in total. The van der Waals surface area contributed by atoms with E-state index in [1.807, 2.05) is 0 Å². The molecule has 0 amide bonds. The molecular formula is C12H24N2O. The van der Waals surface area contributed by atoms with Crippen molar-refractivity contribution in [2.75, 3.05) is 26.2 Å². The van der Waals surface area contributed by atoms with Gasteiger partial charge < -0.3 is 15.3 Å². The minimum Gasteiger partial charge on any atom is -0.395 e. The predicted molar refractivity (Wildman–Crippen MR) is 61.9 cm³/mol. The maximum absolute atomic E-state index is 9.31. The molecule has 0 spiro atoms. The van der Waals surface area contributed by atoms with Gasteiger partial charge in [-0.3, -0.25) is 0 Å². The fourth-order valence-electron chi connectivity index (χ4n) is 2.38. The molecule has 2 rings (SSSR count). The molecule has 2 N–H and O–H groups in total. The number of nitrogens with one attached hydrogen (secondary N) is 1. The van der Waals surface area contributed by atoms with Crippen molar-refractivity contribution in [2.24, 2.45) is 0 Å². The fourth-order valence-corrected chi connectivity index (χ4v) is 2.38. The summed E-state index contributed by atoms with van der Waals surface area (Å²) in [7, 11) is 0. The van der Waals surface area contributed by atoms with Crippen LogP contribution in [0.15, 0.2) is 0 Å². The molecular weight excluding hydrogens is 188 g/mol. The minimum absolute atomic E-state index is 0.285. The van der Waals surface area contributed by atoms with E-state index in [-0.39, 0.29) is 6.61 Å². The lowest BCUT2D eigenvalue weighted by Crippen LogP contribution is -2.44. The van der Waals surface area contributed by atoms with Crippen LogP contribution in [0.5, 0.6) is 0 Å². The first-order valence-corrected chi connectivity index (χ1v) is 6.48. The molecule has 2 fully saturated rings. The summed E-state index contributed by atoms with van der Waals surface area (Å²) >= 11 is 0. The predicted octanol–water partition coefficient (Wildman–Crippen LogP) is 0.975. The van der Waals surface area contributed by atoms with Gasteiger partial charge in [-0.25, -0.2) is 0 Å². The summed E-state index contributed by atoms with van der Waals surface area (Å²) in [6, 6.07) is 1.00. The molecule has 1 saturated carbocycles. The Balaban J connectivity index is 1.70. The number of aliphatic hydroxyl groups is 1. The quantitative estimate of drug-likeness (QED) is 0.713. The van der Waals surface area contributed by atoms with Gasteiger partial charge in [0.1, 0.15) is 0 Å². The summed E-state index contributed by atoms with van der Waals surface area (Å²) in [5.41, 5.74) is 0. The molecule has 1 aliphatic heterocycles. The molecule has 1 aliphatic carbocycles. The molecule has 0 radical (unpaired) electrons. The van der Waals surface area contributed by atoms with Crippen molar-refractivity contribution in [3.63, 3.8) is 0 Å². The number of hydrogen-bond acceptors (Lipinski definition) is 3. The highest BCUT2D eigenvalue weighted by Crippen LogP contribution is 2.19. The van der Waals surface area contributed by atoms with Gasteiger partial charge in [0.25, 0.3) is 0 Å². The zero-order valence-electron chi connectivity index (χ0n) is 9.62. The second-order valence-corrected chi connectivity index (χ2v) is 5.04. The van der Waals surface area contributed by atoms with Crippen molar-refractivity contribution in [3.8, 4) is 0 Å². The Morgan fingerprint density at radius 1 is 1.13 bits per heavy atom. The number of aliphatic hydroxyl groups excluding tert-OH is 1. The van der Waals surface area contributed by atoms with E-state index in [1.165, 1.54) is 51.6 Å². The van der Waals surface area contributed by atoms with Crippen LogP contribution in [-0.4, -0.2) is 48.3 Å². The van der Waals surface area contributed by atoms with Crippen molar-refractivity contribution in [2.45, 2.75) is 50.6 Å². The third kappa shape index (κ3) is 4.09. The molecule has 0 aromatic carbocycles.